The summed E-state index contributed by atoms with van der Waals surface area (Å²) in [6.07, 6.45) is 0. The smallest absolute Gasteiger partial charge is 0.124 e. The average molecular weight is 413 g/mol. The van der Waals surface area contributed by atoms with Crippen LogP contribution < -0.4 is 10.1 Å². The molecular formula is C17H19Br2NO. The molecule has 0 aromatic heterocycles. The maximum Gasteiger partial charge on any atom is 0.124 e. The van der Waals surface area contributed by atoms with Gasteiger partial charge in [0.1, 0.15) is 5.75 Å². The molecule has 0 heterocycles. The first kappa shape index (κ1) is 16.5. The molecule has 21 heavy (non-hydrogen) atoms. The quantitative estimate of drug-likeness (QED) is 0.725. The molecule has 0 radical (unpaired) electrons. The highest BCUT2D eigenvalue weighted by Gasteiger charge is 2.20. The van der Waals surface area contributed by atoms with Gasteiger partial charge >= 0.3 is 0 Å². The van der Waals surface area contributed by atoms with E-state index in [1.165, 1.54) is 11.1 Å². The predicted molar refractivity (Wildman–Crippen MR) is 95.1 cm³/mol. The molecule has 2 nitrogen and oxygen atoms in total. The molecule has 0 bridgehead atoms. The Morgan fingerprint density at radius 1 is 1.10 bits per heavy atom. The largest absolute Gasteiger partial charge is 0.496 e. The fourth-order valence-electron chi connectivity index (χ4n) is 2.41. The van der Waals surface area contributed by atoms with Gasteiger partial charge in [-0.2, -0.15) is 0 Å². The van der Waals surface area contributed by atoms with Gasteiger partial charge in [-0.1, -0.05) is 62.5 Å². The van der Waals surface area contributed by atoms with E-state index in [1.54, 1.807) is 7.11 Å². The van der Waals surface area contributed by atoms with Gasteiger partial charge in [0.05, 0.1) is 13.2 Å². The monoisotopic (exact) mass is 411 g/mol. The molecule has 0 aliphatic carbocycles. The van der Waals surface area contributed by atoms with E-state index in [1.807, 2.05) is 6.07 Å². The van der Waals surface area contributed by atoms with Crippen LogP contribution in [0.2, 0.25) is 0 Å². The molecule has 2 aromatic rings. The van der Waals surface area contributed by atoms with Crippen molar-refractivity contribution in [3.8, 4) is 5.75 Å². The first-order valence-electron chi connectivity index (χ1n) is 6.89. The lowest BCUT2D eigenvalue weighted by Gasteiger charge is -2.23. The zero-order valence-corrected chi connectivity index (χ0v) is 15.6. The van der Waals surface area contributed by atoms with Gasteiger partial charge in [-0.3, -0.25) is 0 Å². The van der Waals surface area contributed by atoms with Gasteiger partial charge in [0.15, 0.2) is 0 Å². The van der Waals surface area contributed by atoms with Gasteiger partial charge in [-0.05, 0) is 37.2 Å². The molecule has 112 valence electrons. The number of nitrogens with one attached hydrogen (secondary N) is 1. The van der Waals surface area contributed by atoms with Crippen LogP contribution in [0.1, 0.15) is 29.7 Å². The van der Waals surface area contributed by atoms with E-state index < -0.39 is 0 Å². The summed E-state index contributed by atoms with van der Waals surface area (Å²) in [5.41, 5.74) is 3.58. The van der Waals surface area contributed by atoms with E-state index in [4.69, 9.17) is 4.74 Å². The van der Waals surface area contributed by atoms with Crippen LogP contribution in [0.5, 0.6) is 5.75 Å². The summed E-state index contributed by atoms with van der Waals surface area (Å²) in [6, 6.07) is 12.6. The summed E-state index contributed by atoms with van der Waals surface area (Å²) in [5, 5.41) is 3.55. The Labute approximate surface area is 143 Å². The summed E-state index contributed by atoms with van der Waals surface area (Å²) in [5.74, 6) is 0.904. The summed E-state index contributed by atoms with van der Waals surface area (Å²) < 4.78 is 7.68. The van der Waals surface area contributed by atoms with Crippen molar-refractivity contribution in [2.75, 3.05) is 13.7 Å². The second-order valence-electron chi connectivity index (χ2n) is 4.90. The van der Waals surface area contributed by atoms with Gasteiger partial charge in [-0.25, -0.2) is 0 Å². The summed E-state index contributed by atoms with van der Waals surface area (Å²) in [4.78, 5) is 0. The fourth-order valence-corrected chi connectivity index (χ4v) is 3.68. The second-order valence-corrected chi connectivity index (χ2v) is 6.67. The summed E-state index contributed by atoms with van der Waals surface area (Å²) in [6.45, 7) is 5.09. The molecule has 2 aromatic carbocycles. The molecule has 1 unspecified atom stereocenters. The highest BCUT2D eigenvalue weighted by molar-refractivity contribution is 9.11. The average Bonchev–Trinajstić information content (AvgIpc) is 2.45. The number of hydrogen-bond acceptors (Lipinski definition) is 2. The van der Waals surface area contributed by atoms with Crippen LogP contribution in [0.15, 0.2) is 45.3 Å². The van der Waals surface area contributed by atoms with E-state index in [0.717, 1.165) is 26.8 Å². The van der Waals surface area contributed by atoms with Crippen molar-refractivity contribution in [2.45, 2.75) is 19.9 Å². The minimum atomic E-state index is 0.0901. The minimum absolute atomic E-state index is 0.0901. The van der Waals surface area contributed by atoms with Gasteiger partial charge < -0.3 is 10.1 Å². The highest BCUT2D eigenvalue weighted by Crippen LogP contribution is 2.35. The Morgan fingerprint density at radius 2 is 1.86 bits per heavy atom. The van der Waals surface area contributed by atoms with Crippen molar-refractivity contribution in [1.82, 2.24) is 5.32 Å². The number of aryl methyl sites for hydroxylation is 1. The third kappa shape index (κ3) is 3.87. The lowest BCUT2D eigenvalue weighted by Crippen LogP contribution is -2.23. The van der Waals surface area contributed by atoms with Crippen molar-refractivity contribution in [3.05, 3.63) is 62.0 Å². The molecule has 0 aliphatic rings. The molecule has 0 saturated heterocycles. The molecule has 1 atom stereocenters. The number of methoxy groups -OCH3 is 1. The van der Waals surface area contributed by atoms with Crippen molar-refractivity contribution < 1.29 is 4.74 Å². The Kier molecular flexibility index (Phi) is 5.85. The Balaban J connectivity index is 2.55. The minimum Gasteiger partial charge on any atom is -0.496 e. The van der Waals surface area contributed by atoms with E-state index in [-0.39, 0.29) is 6.04 Å². The van der Waals surface area contributed by atoms with Gasteiger partial charge in [-0.15, -0.1) is 0 Å². The lowest BCUT2D eigenvalue weighted by molar-refractivity contribution is 0.404. The van der Waals surface area contributed by atoms with E-state index >= 15 is 0 Å². The zero-order chi connectivity index (χ0) is 15.4. The molecule has 2 rings (SSSR count). The Hall–Kier alpha value is -0.840. The molecule has 0 spiro atoms. The fraction of sp³-hybridized carbons (Fsp3) is 0.294. The standard InChI is InChI=1S/C17H19Br2NO/c1-4-20-17(13-7-6-12(18)10-15(13)19)14-9-11(2)5-8-16(14)21-3/h5-10,17,20H,4H2,1-3H3. The van der Waals surface area contributed by atoms with Crippen molar-refractivity contribution in [3.63, 3.8) is 0 Å². The Bertz CT molecular complexity index is 628. The van der Waals surface area contributed by atoms with Gasteiger partial charge in [0, 0.05) is 14.5 Å². The number of ether oxygens (including phenoxy) is 1. The number of halogens is 2. The van der Waals surface area contributed by atoms with Crippen LogP contribution in [0, 0.1) is 6.92 Å². The van der Waals surface area contributed by atoms with Crippen molar-refractivity contribution >= 4 is 31.9 Å². The van der Waals surface area contributed by atoms with Crippen LogP contribution in [-0.2, 0) is 0 Å². The maximum absolute atomic E-state index is 5.55. The van der Waals surface area contributed by atoms with E-state index in [9.17, 15) is 0 Å². The number of rotatable bonds is 5. The molecule has 0 saturated carbocycles. The third-order valence-electron chi connectivity index (χ3n) is 3.38. The second kappa shape index (κ2) is 7.43. The summed E-state index contributed by atoms with van der Waals surface area (Å²) in [7, 11) is 1.72. The lowest BCUT2D eigenvalue weighted by atomic mass is 9.96. The Morgan fingerprint density at radius 3 is 2.48 bits per heavy atom. The zero-order valence-electron chi connectivity index (χ0n) is 12.4. The molecule has 1 N–H and O–H groups in total. The first-order valence-corrected chi connectivity index (χ1v) is 8.48. The summed E-state index contributed by atoms with van der Waals surface area (Å²) >= 11 is 7.17. The number of hydrogen-bond donors (Lipinski definition) is 1. The SMILES string of the molecule is CCNC(c1ccc(Br)cc1Br)c1cc(C)ccc1OC. The molecule has 0 fully saturated rings. The third-order valence-corrected chi connectivity index (χ3v) is 4.56. The normalized spacial score (nSPS) is 12.2. The van der Waals surface area contributed by atoms with Crippen LogP contribution in [-0.4, -0.2) is 13.7 Å². The first-order chi connectivity index (χ1) is 10.1. The van der Waals surface area contributed by atoms with Crippen molar-refractivity contribution in [1.29, 1.82) is 0 Å². The van der Waals surface area contributed by atoms with E-state index in [0.29, 0.717) is 0 Å². The molecule has 0 amide bonds. The van der Waals surface area contributed by atoms with Crippen molar-refractivity contribution in [2.24, 2.45) is 0 Å². The topological polar surface area (TPSA) is 21.3 Å². The van der Waals surface area contributed by atoms with Crippen LogP contribution in [0.4, 0.5) is 0 Å². The molecule has 4 heteroatoms. The van der Waals surface area contributed by atoms with Crippen LogP contribution in [0.3, 0.4) is 0 Å². The van der Waals surface area contributed by atoms with Gasteiger partial charge in [0.2, 0.25) is 0 Å². The van der Waals surface area contributed by atoms with Gasteiger partial charge in [0.25, 0.3) is 0 Å². The molecular weight excluding hydrogens is 394 g/mol. The number of benzene rings is 2. The van der Waals surface area contributed by atoms with Crippen LogP contribution >= 0.6 is 31.9 Å². The maximum atomic E-state index is 5.55. The molecule has 0 aliphatic heterocycles. The highest BCUT2D eigenvalue weighted by atomic mass is 79.9. The van der Waals surface area contributed by atoms with E-state index in [2.05, 4.69) is 81.4 Å². The van der Waals surface area contributed by atoms with Crippen LogP contribution in [0.25, 0.3) is 0 Å². The predicted octanol–water partition coefficient (Wildman–Crippen LogP) is 5.23.